The van der Waals surface area contributed by atoms with E-state index in [0.29, 0.717) is 10.4 Å². The van der Waals surface area contributed by atoms with Crippen LogP contribution in [0.1, 0.15) is 47.9 Å². The van der Waals surface area contributed by atoms with Crippen LogP contribution in [0, 0.1) is 6.92 Å². The van der Waals surface area contributed by atoms with Crippen LogP contribution in [0.2, 0.25) is 0 Å². The van der Waals surface area contributed by atoms with Crippen molar-refractivity contribution in [2.75, 3.05) is 17.1 Å². The second-order valence-corrected chi connectivity index (χ2v) is 12.9. The van der Waals surface area contributed by atoms with Gasteiger partial charge in [-0.15, -0.1) is 0 Å². The van der Waals surface area contributed by atoms with Crippen molar-refractivity contribution >= 4 is 27.5 Å². The minimum atomic E-state index is -4.71. The van der Waals surface area contributed by atoms with Crippen LogP contribution in [0.4, 0.5) is 18.9 Å². The first-order chi connectivity index (χ1) is 20.3. The smallest absolute Gasteiger partial charge is 0.352 e. The fourth-order valence-corrected chi connectivity index (χ4v) is 6.10. The van der Waals surface area contributed by atoms with Gasteiger partial charge in [0, 0.05) is 19.0 Å². The Balaban J connectivity index is 1.73. The van der Waals surface area contributed by atoms with Gasteiger partial charge in [0.15, 0.2) is 0 Å². The number of anilines is 1. The van der Waals surface area contributed by atoms with E-state index < -0.39 is 40.3 Å². The highest BCUT2D eigenvalue weighted by Crippen LogP contribution is 2.32. The zero-order valence-electron chi connectivity index (χ0n) is 24.2. The molecular formula is C32H36F3N3O4S. The van der Waals surface area contributed by atoms with E-state index in [1.54, 1.807) is 0 Å². The number of hydrogen-bond donors (Lipinski definition) is 1. The Hall–Kier alpha value is -3.86. The number of aryl methyl sites for hydroxylation is 1. The molecule has 1 aliphatic carbocycles. The summed E-state index contributed by atoms with van der Waals surface area (Å²) in [6.45, 7) is 1.13. The summed E-state index contributed by atoms with van der Waals surface area (Å²) in [5.41, 5.74) is 1.18. The van der Waals surface area contributed by atoms with Crippen molar-refractivity contribution in [1.82, 2.24) is 10.2 Å². The molecular weight excluding hydrogens is 579 g/mol. The monoisotopic (exact) mass is 615 g/mol. The Morgan fingerprint density at radius 2 is 1.58 bits per heavy atom. The van der Waals surface area contributed by atoms with E-state index in [9.17, 15) is 31.2 Å². The molecule has 1 saturated carbocycles. The minimum Gasteiger partial charge on any atom is -0.352 e. The fourth-order valence-electron chi connectivity index (χ4n) is 5.26. The number of nitrogens with zero attached hydrogens (tertiary/aromatic N) is 2. The molecule has 4 rings (SSSR count). The molecule has 1 aliphatic rings. The zero-order valence-corrected chi connectivity index (χ0v) is 25.0. The average Bonchev–Trinajstić information content (AvgIpc) is 3.47. The largest absolute Gasteiger partial charge is 0.416 e. The molecule has 230 valence electrons. The molecule has 0 heterocycles. The maximum atomic E-state index is 14.1. The van der Waals surface area contributed by atoms with Crippen molar-refractivity contribution in [3.8, 4) is 0 Å². The Morgan fingerprint density at radius 3 is 2.19 bits per heavy atom. The van der Waals surface area contributed by atoms with Gasteiger partial charge in [0.05, 0.1) is 17.5 Å². The molecule has 43 heavy (non-hydrogen) atoms. The average molecular weight is 616 g/mol. The van der Waals surface area contributed by atoms with E-state index in [4.69, 9.17) is 0 Å². The molecule has 0 unspecified atom stereocenters. The maximum absolute atomic E-state index is 14.1. The molecule has 0 aromatic heterocycles. The first-order valence-corrected chi connectivity index (χ1v) is 16.0. The number of carbonyl (C=O) groups excluding carboxylic acids is 2. The zero-order chi connectivity index (χ0) is 31.2. The number of alkyl halides is 3. The summed E-state index contributed by atoms with van der Waals surface area (Å²) >= 11 is 0. The lowest BCUT2D eigenvalue weighted by Gasteiger charge is -2.34. The lowest BCUT2D eigenvalue weighted by molar-refractivity contribution is -0.140. The predicted octanol–water partition coefficient (Wildman–Crippen LogP) is 5.48. The van der Waals surface area contributed by atoms with E-state index in [2.05, 4.69) is 5.32 Å². The summed E-state index contributed by atoms with van der Waals surface area (Å²) in [5, 5.41) is 3.08. The van der Waals surface area contributed by atoms with Crippen molar-refractivity contribution in [1.29, 1.82) is 0 Å². The van der Waals surface area contributed by atoms with Gasteiger partial charge in [-0.05, 0) is 49.1 Å². The predicted molar refractivity (Wildman–Crippen MR) is 160 cm³/mol. The van der Waals surface area contributed by atoms with Gasteiger partial charge in [-0.25, -0.2) is 8.42 Å². The number of hydrogen-bond acceptors (Lipinski definition) is 4. The fraction of sp³-hybridized carbons (Fsp3) is 0.375. The lowest BCUT2D eigenvalue weighted by atomic mass is 10.0. The van der Waals surface area contributed by atoms with Crippen LogP contribution < -0.4 is 9.62 Å². The van der Waals surface area contributed by atoms with Crippen molar-refractivity contribution in [2.24, 2.45) is 0 Å². The summed E-state index contributed by atoms with van der Waals surface area (Å²) in [6, 6.07) is 19.4. The minimum absolute atomic E-state index is 0.00507. The topological polar surface area (TPSA) is 86.8 Å². The Morgan fingerprint density at radius 1 is 0.930 bits per heavy atom. The number of rotatable bonds is 11. The van der Waals surface area contributed by atoms with Crippen LogP contribution in [0.15, 0.2) is 78.9 Å². The summed E-state index contributed by atoms with van der Waals surface area (Å²) in [5.74, 6) is -1.08. The molecule has 3 aromatic rings. The van der Waals surface area contributed by atoms with Crippen LogP contribution in [0.5, 0.6) is 0 Å². The highest BCUT2D eigenvalue weighted by molar-refractivity contribution is 7.92. The van der Waals surface area contributed by atoms with Crippen LogP contribution in [-0.4, -0.2) is 50.0 Å². The number of halogens is 3. The van der Waals surface area contributed by atoms with E-state index in [-0.39, 0.29) is 30.6 Å². The van der Waals surface area contributed by atoms with E-state index in [0.717, 1.165) is 60.8 Å². The summed E-state index contributed by atoms with van der Waals surface area (Å²) in [7, 11) is -4.19. The molecule has 3 aromatic carbocycles. The van der Waals surface area contributed by atoms with Gasteiger partial charge in [0.1, 0.15) is 12.6 Å². The third kappa shape index (κ3) is 8.82. The molecule has 11 heteroatoms. The third-order valence-electron chi connectivity index (χ3n) is 7.59. The number of sulfonamides is 1. The molecule has 0 spiro atoms. The van der Waals surface area contributed by atoms with Crippen molar-refractivity contribution < 1.29 is 31.2 Å². The highest BCUT2D eigenvalue weighted by atomic mass is 32.2. The van der Waals surface area contributed by atoms with E-state index in [1.165, 1.54) is 11.0 Å². The summed E-state index contributed by atoms with van der Waals surface area (Å²) in [6.07, 6.45) is -0.0836. The van der Waals surface area contributed by atoms with Crippen LogP contribution in [0.25, 0.3) is 0 Å². The van der Waals surface area contributed by atoms with Crippen LogP contribution in [0.3, 0.4) is 0 Å². The number of nitrogens with one attached hydrogen (secondary N) is 1. The maximum Gasteiger partial charge on any atom is 0.416 e. The Labute approximate surface area is 250 Å². The highest BCUT2D eigenvalue weighted by Gasteiger charge is 2.35. The molecule has 0 saturated heterocycles. The van der Waals surface area contributed by atoms with E-state index in [1.807, 2.05) is 61.5 Å². The van der Waals surface area contributed by atoms with Gasteiger partial charge in [0.25, 0.3) is 0 Å². The summed E-state index contributed by atoms with van der Waals surface area (Å²) in [4.78, 5) is 29.3. The second kappa shape index (κ2) is 13.6. The molecule has 1 N–H and O–H groups in total. The van der Waals surface area contributed by atoms with Gasteiger partial charge >= 0.3 is 6.18 Å². The SMILES string of the molecule is Cc1ccc(CN(C(=O)CN(c2cccc(C(F)(F)F)c2)S(C)(=O)=O)[C@H](Cc2ccccc2)C(=O)NC2CCCC2)cc1. The van der Waals surface area contributed by atoms with Gasteiger partial charge in [0.2, 0.25) is 21.8 Å². The van der Waals surface area contributed by atoms with Crippen molar-refractivity contribution in [3.63, 3.8) is 0 Å². The lowest BCUT2D eigenvalue weighted by Crippen LogP contribution is -2.54. The standard InChI is InChI=1S/C32H36F3N3O4S/c1-23-15-17-25(18-16-23)21-37(29(19-24-9-4-3-5-10-24)31(40)36-27-12-6-7-13-27)30(39)22-38(43(2,41)42)28-14-8-11-26(20-28)32(33,34)35/h3-5,8-11,14-18,20,27,29H,6-7,12-13,19,21-22H2,1-2H3,(H,36,40)/t29-/m1/s1. The van der Waals surface area contributed by atoms with E-state index >= 15 is 0 Å². The molecule has 0 radical (unpaired) electrons. The summed E-state index contributed by atoms with van der Waals surface area (Å²) < 4.78 is 66.8. The van der Waals surface area contributed by atoms with Gasteiger partial charge < -0.3 is 10.2 Å². The molecule has 1 atom stereocenters. The van der Waals surface area contributed by atoms with Crippen molar-refractivity contribution in [3.05, 3.63) is 101 Å². The van der Waals surface area contributed by atoms with Gasteiger partial charge in [-0.2, -0.15) is 13.2 Å². The molecule has 0 bridgehead atoms. The molecule has 0 aliphatic heterocycles. The molecule has 1 fully saturated rings. The normalized spacial score (nSPS) is 14.7. The number of carbonyl (C=O) groups is 2. The van der Waals surface area contributed by atoms with Crippen LogP contribution in [-0.2, 0) is 38.8 Å². The Kier molecular flexibility index (Phi) is 10.2. The third-order valence-corrected chi connectivity index (χ3v) is 8.73. The number of benzene rings is 3. The number of amides is 2. The second-order valence-electron chi connectivity index (χ2n) is 11.0. The van der Waals surface area contributed by atoms with Crippen molar-refractivity contribution in [2.45, 2.75) is 63.8 Å². The first kappa shape index (κ1) is 32.1. The first-order valence-electron chi connectivity index (χ1n) is 14.2. The Bertz CT molecular complexity index is 1510. The van der Waals surface area contributed by atoms with Gasteiger partial charge in [-0.1, -0.05) is 79.1 Å². The molecule has 2 amide bonds. The molecule has 7 nitrogen and oxygen atoms in total. The van der Waals surface area contributed by atoms with Crippen LogP contribution >= 0.6 is 0 Å². The quantitative estimate of drug-likeness (QED) is 0.310. The van der Waals surface area contributed by atoms with Gasteiger partial charge in [-0.3, -0.25) is 13.9 Å².